The first-order valence-corrected chi connectivity index (χ1v) is 9.41. The third-order valence-corrected chi connectivity index (χ3v) is 6.18. The van der Waals surface area contributed by atoms with Crippen molar-refractivity contribution < 1.29 is 13.2 Å². The Hall–Kier alpha value is -1.70. The van der Waals surface area contributed by atoms with Crippen LogP contribution in [0.2, 0.25) is 5.02 Å². The normalized spacial score (nSPS) is 18.7. The molecule has 3 rings (SSSR count). The number of aromatic nitrogens is 2. The van der Waals surface area contributed by atoms with E-state index in [-0.39, 0.29) is 17.5 Å². The smallest absolute Gasteiger partial charge is 0.243 e. The van der Waals surface area contributed by atoms with Crippen LogP contribution in [-0.2, 0) is 10.0 Å². The molecule has 8 heteroatoms. The molecule has 1 aliphatic rings. The fourth-order valence-electron chi connectivity index (χ4n) is 2.62. The van der Waals surface area contributed by atoms with Gasteiger partial charge in [0.1, 0.15) is 6.10 Å². The maximum absolute atomic E-state index is 12.8. The summed E-state index contributed by atoms with van der Waals surface area (Å²) in [6.07, 6.45) is 0.366. The average Bonchev–Trinajstić information content (AvgIpc) is 3.01. The molecule has 24 heavy (non-hydrogen) atoms. The summed E-state index contributed by atoms with van der Waals surface area (Å²) < 4.78 is 32.8. The Morgan fingerprint density at radius 1 is 1.21 bits per heavy atom. The van der Waals surface area contributed by atoms with E-state index in [1.165, 1.54) is 10.4 Å². The molecule has 1 unspecified atom stereocenters. The predicted molar refractivity (Wildman–Crippen MR) is 90.7 cm³/mol. The van der Waals surface area contributed by atoms with Gasteiger partial charge in [-0.25, -0.2) is 8.42 Å². The monoisotopic (exact) mass is 367 g/mol. The Bertz CT molecular complexity index is 840. The van der Waals surface area contributed by atoms with Gasteiger partial charge >= 0.3 is 0 Å². The Kier molecular flexibility index (Phi) is 4.76. The number of sulfonamides is 1. The third-order valence-electron chi connectivity index (χ3n) is 3.94. The molecule has 1 aliphatic heterocycles. The van der Waals surface area contributed by atoms with Crippen molar-refractivity contribution >= 4 is 21.6 Å². The molecule has 0 radical (unpaired) electrons. The van der Waals surface area contributed by atoms with Crippen molar-refractivity contribution in [2.24, 2.45) is 0 Å². The van der Waals surface area contributed by atoms with Crippen molar-refractivity contribution in [3.8, 4) is 5.88 Å². The van der Waals surface area contributed by atoms with Crippen molar-refractivity contribution in [1.82, 2.24) is 14.5 Å². The Morgan fingerprint density at radius 2 is 2.00 bits per heavy atom. The van der Waals surface area contributed by atoms with Gasteiger partial charge in [-0.2, -0.15) is 9.40 Å². The van der Waals surface area contributed by atoms with Crippen LogP contribution in [0.1, 0.15) is 17.7 Å². The zero-order valence-electron chi connectivity index (χ0n) is 13.4. The number of ether oxygens (including phenoxy) is 1. The molecule has 6 nitrogen and oxygen atoms in total. The third kappa shape index (κ3) is 3.53. The summed E-state index contributed by atoms with van der Waals surface area (Å²) in [5.41, 5.74) is 1.47. The van der Waals surface area contributed by atoms with E-state index in [9.17, 15) is 8.42 Å². The highest BCUT2D eigenvalue weighted by Gasteiger charge is 2.34. The standard InChI is InChI=1S/C16H18ClN3O3S/c1-11-3-5-13(17)9-15(11)24(21,22)20-8-7-14(10-20)23-16-6-4-12(2)18-19-16/h3-6,9,14H,7-8,10H2,1-2H3. The number of rotatable bonds is 4. The number of hydrogen-bond acceptors (Lipinski definition) is 5. The van der Waals surface area contributed by atoms with Gasteiger partial charge in [-0.1, -0.05) is 17.7 Å². The van der Waals surface area contributed by atoms with Gasteiger partial charge in [-0.3, -0.25) is 0 Å². The van der Waals surface area contributed by atoms with E-state index in [0.29, 0.717) is 29.4 Å². The maximum Gasteiger partial charge on any atom is 0.243 e. The molecule has 128 valence electrons. The van der Waals surface area contributed by atoms with Crippen LogP contribution in [0.5, 0.6) is 5.88 Å². The highest BCUT2D eigenvalue weighted by atomic mass is 35.5. The number of hydrogen-bond donors (Lipinski definition) is 0. The number of aryl methyl sites for hydroxylation is 2. The molecule has 0 spiro atoms. The fraction of sp³-hybridized carbons (Fsp3) is 0.375. The molecule has 1 atom stereocenters. The molecule has 0 aliphatic carbocycles. The van der Waals surface area contributed by atoms with Crippen molar-refractivity contribution in [1.29, 1.82) is 0 Å². The van der Waals surface area contributed by atoms with Gasteiger partial charge in [-0.05, 0) is 44.0 Å². The first kappa shape index (κ1) is 17.1. The topological polar surface area (TPSA) is 72.4 Å². The summed E-state index contributed by atoms with van der Waals surface area (Å²) in [6.45, 7) is 4.28. The molecule has 2 heterocycles. The molecule has 0 bridgehead atoms. The van der Waals surface area contributed by atoms with E-state index in [4.69, 9.17) is 16.3 Å². The van der Waals surface area contributed by atoms with Gasteiger partial charge in [0.25, 0.3) is 0 Å². The van der Waals surface area contributed by atoms with E-state index in [0.717, 1.165) is 5.69 Å². The molecule has 0 N–H and O–H groups in total. The van der Waals surface area contributed by atoms with Crippen LogP contribution >= 0.6 is 11.6 Å². The number of benzene rings is 1. The van der Waals surface area contributed by atoms with E-state index in [2.05, 4.69) is 10.2 Å². The van der Waals surface area contributed by atoms with Crippen molar-refractivity contribution in [3.05, 3.63) is 46.6 Å². The lowest BCUT2D eigenvalue weighted by atomic mass is 10.2. The van der Waals surface area contributed by atoms with Gasteiger partial charge in [0.15, 0.2) is 0 Å². The van der Waals surface area contributed by atoms with Crippen LogP contribution in [0.15, 0.2) is 35.2 Å². The molecule has 1 aromatic carbocycles. The second kappa shape index (κ2) is 6.66. The quantitative estimate of drug-likeness (QED) is 0.830. The largest absolute Gasteiger partial charge is 0.472 e. The molecular formula is C16H18ClN3O3S. The molecule has 0 saturated carbocycles. The zero-order chi connectivity index (χ0) is 17.3. The summed E-state index contributed by atoms with van der Waals surface area (Å²) in [6, 6.07) is 8.43. The van der Waals surface area contributed by atoms with Gasteiger partial charge in [0, 0.05) is 17.6 Å². The van der Waals surface area contributed by atoms with E-state index < -0.39 is 10.0 Å². The fourth-order valence-corrected chi connectivity index (χ4v) is 4.60. The first-order chi connectivity index (χ1) is 11.4. The van der Waals surface area contributed by atoms with E-state index in [1.807, 2.05) is 6.92 Å². The summed E-state index contributed by atoms with van der Waals surface area (Å²) >= 11 is 5.96. The summed E-state index contributed by atoms with van der Waals surface area (Å²) in [5.74, 6) is 0.406. The zero-order valence-corrected chi connectivity index (χ0v) is 15.0. The molecule has 1 fully saturated rings. The second-order valence-corrected chi connectivity index (χ2v) is 8.16. The highest BCUT2D eigenvalue weighted by Crippen LogP contribution is 2.27. The van der Waals surface area contributed by atoms with Crippen molar-refractivity contribution in [2.75, 3.05) is 13.1 Å². The van der Waals surface area contributed by atoms with Crippen LogP contribution in [0.25, 0.3) is 0 Å². The molecular weight excluding hydrogens is 350 g/mol. The average molecular weight is 368 g/mol. The Morgan fingerprint density at radius 3 is 2.71 bits per heavy atom. The molecule has 0 amide bonds. The van der Waals surface area contributed by atoms with E-state index in [1.54, 1.807) is 31.2 Å². The Labute approximate surface area is 146 Å². The second-order valence-electron chi connectivity index (χ2n) is 5.81. The minimum Gasteiger partial charge on any atom is -0.472 e. The van der Waals surface area contributed by atoms with E-state index >= 15 is 0 Å². The van der Waals surface area contributed by atoms with Gasteiger partial charge < -0.3 is 4.74 Å². The van der Waals surface area contributed by atoms with Crippen LogP contribution in [-0.4, -0.2) is 42.1 Å². The van der Waals surface area contributed by atoms with Crippen LogP contribution in [0.3, 0.4) is 0 Å². The maximum atomic E-state index is 12.8. The van der Waals surface area contributed by atoms with Gasteiger partial charge in [-0.15, -0.1) is 5.10 Å². The molecule has 2 aromatic rings. The van der Waals surface area contributed by atoms with Gasteiger partial charge in [0.2, 0.25) is 15.9 Å². The lowest BCUT2D eigenvalue weighted by Crippen LogP contribution is -2.31. The van der Waals surface area contributed by atoms with Crippen molar-refractivity contribution in [2.45, 2.75) is 31.3 Å². The number of halogens is 1. The van der Waals surface area contributed by atoms with Crippen LogP contribution in [0, 0.1) is 13.8 Å². The highest BCUT2D eigenvalue weighted by molar-refractivity contribution is 7.89. The summed E-state index contributed by atoms with van der Waals surface area (Å²) in [4.78, 5) is 0.241. The molecule has 1 saturated heterocycles. The Balaban J connectivity index is 1.74. The SMILES string of the molecule is Cc1ccc(OC2CCN(S(=O)(=O)c3cc(Cl)ccc3C)C2)nn1. The first-order valence-electron chi connectivity index (χ1n) is 7.59. The summed E-state index contributed by atoms with van der Waals surface area (Å²) in [5, 5.41) is 8.30. The minimum atomic E-state index is -3.59. The van der Waals surface area contributed by atoms with Crippen molar-refractivity contribution in [3.63, 3.8) is 0 Å². The number of nitrogens with zero attached hydrogens (tertiary/aromatic N) is 3. The van der Waals surface area contributed by atoms with Crippen LogP contribution < -0.4 is 4.74 Å². The molecule has 1 aromatic heterocycles. The van der Waals surface area contributed by atoms with Crippen LogP contribution in [0.4, 0.5) is 0 Å². The lowest BCUT2D eigenvalue weighted by Gasteiger charge is -2.18. The predicted octanol–water partition coefficient (Wildman–Crippen LogP) is 2.59. The summed E-state index contributed by atoms with van der Waals surface area (Å²) in [7, 11) is -3.59. The minimum absolute atomic E-state index is 0.240. The van der Waals surface area contributed by atoms with Gasteiger partial charge in [0.05, 0.1) is 17.1 Å². The lowest BCUT2D eigenvalue weighted by molar-refractivity contribution is 0.204.